The van der Waals surface area contributed by atoms with E-state index in [9.17, 15) is 10.2 Å². The van der Waals surface area contributed by atoms with Crippen molar-refractivity contribution in [2.24, 2.45) is 0 Å². The van der Waals surface area contributed by atoms with Crippen LogP contribution in [-0.2, 0) is 25.7 Å². The standard InChI is InChI=1S/C44H40O4/c1-27-15-31-19-35-23-39(47-3)25-37(43(35)45)21-33-17-28(2)18-34(42(33)30-13-9-6-10-14-30)22-38-26-40(48-4)24-36(44(38)46)20-32(16-27)41(31)29-11-7-5-8-12-29/h5-18,23-26,45-46H,19-22H2,1-4H3. The van der Waals surface area contributed by atoms with Crippen LogP contribution in [0.5, 0.6) is 23.0 Å². The highest BCUT2D eigenvalue weighted by atomic mass is 16.5. The molecule has 4 nitrogen and oxygen atoms in total. The Hall–Kier alpha value is -5.48. The summed E-state index contributed by atoms with van der Waals surface area (Å²) in [5.41, 5.74) is 14.3. The van der Waals surface area contributed by atoms with Gasteiger partial charge >= 0.3 is 0 Å². The number of rotatable bonds is 4. The lowest BCUT2D eigenvalue weighted by atomic mass is 9.83. The van der Waals surface area contributed by atoms with Gasteiger partial charge < -0.3 is 19.7 Å². The molecule has 48 heavy (non-hydrogen) atoms. The van der Waals surface area contributed by atoms with Gasteiger partial charge in [-0.25, -0.2) is 0 Å². The first kappa shape index (κ1) is 31.1. The van der Waals surface area contributed by atoms with Gasteiger partial charge in [-0.2, -0.15) is 0 Å². The van der Waals surface area contributed by atoms with Gasteiger partial charge in [-0.05, 0) is 82.6 Å². The summed E-state index contributed by atoms with van der Waals surface area (Å²) < 4.78 is 11.7. The molecule has 0 unspecified atom stereocenters. The van der Waals surface area contributed by atoms with E-state index in [0.29, 0.717) is 48.7 Å². The van der Waals surface area contributed by atoms with E-state index in [1.165, 1.54) is 0 Å². The summed E-state index contributed by atoms with van der Waals surface area (Å²) in [4.78, 5) is 0. The number of hydrogen-bond donors (Lipinski definition) is 2. The Kier molecular flexibility index (Phi) is 8.41. The van der Waals surface area contributed by atoms with Crippen molar-refractivity contribution in [2.45, 2.75) is 39.5 Å². The van der Waals surface area contributed by atoms with Crippen LogP contribution >= 0.6 is 0 Å². The summed E-state index contributed by atoms with van der Waals surface area (Å²) in [6.07, 6.45) is 2.04. The summed E-state index contributed by atoms with van der Waals surface area (Å²) in [5.74, 6) is 2.02. The second-order valence-electron chi connectivity index (χ2n) is 12.9. The van der Waals surface area contributed by atoms with Crippen molar-refractivity contribution in [3.63, 3.8) is 0 Å². The van der Waals surface area contributed by atoms with Crippen molar-refractivity contribution >= 4 is 0 Å². The molecule has 6 aromatic rings. The predicted molar refractivity (Wildman–Crippen MR) is 194 cm³/mol. The average molecular weight is 633 g/mol. The second kappa shape index (κ2) is 13.0. The minimum Gasteiger partial charge on any atom is -0.507 e. The van der Waals surface area contributed by atoms with Crippen molar-refractivity contribution in [3.8, 4) is 45.3 Å². The van der Waals surface area contributed by atoms with Gasteiger partial charge in [0, 0.05) is 47.9 Å². The first-order chi connectivity index (χ1) is 23.3. The summed E-state index contributed by atoms with van der Waals surface area (Å²) >= 11 is 0. The molecule has 2 N–H and O–H groups in total. The Bertz CT molecular complexity index is 1880. The van der Waals surface area contributed by atoms with Gasteiger partial charge in [0.15, 0.2) is 0 Å². The summed E-state index contributed by atoms with van der Waals surface area (Å²) in [6, 6.07) is 37.5. The monoisotopic (exact) mass is 632 g/mol. The molecule has 240 valence electrons. The van der Waals surface area contributed by atoms with E-state index in [1.54, 1.807) is 14.2 Å². The molecule has 1 aliphatic rings. The normalized spacial score (nSPS) is 12.4. The topological polar surface area (TPSA) is 58.9 Å². The molecule has 1 aliphatic carbocycles. The molecule has 6 aromatic carbocycles. The highest BCUT2D eigenvalue weighted by Gasteiger charge is 2.22. The van der Waals surface area contributed by atoms with Gasteiger partial charge in [0.1, 0.15) is 23.0 Å². The Morgan fingerprint density at radius 3 is 0.979 bits per heavy atom. The molecule has 0 saturated heterocycles. The second-order valence-corrected chi connectivity index (χ2v) is 12.9. The molecular formula is C44H40O4. The molecular weight excluding hydrogens is 592 g/mol. The lowest BCUT2D eigenvalue weighted by Gasteiger charge is -2.22. The number of phenolic OH excluding ortho intramolecular Hbond substituents is 2. The van der Waals surface area contributed by atoms with Crippen LogP contribution in [0.4, 0.5) is 0 Å². The van der Waals surface area contributed by atoms with Crippen LogP contribution in [0.25, 0.3) is 22.3 Å². The van der Waals surface area contributed by atoms with E-state index in [0.717, 1.165) is 77.9 Å². The number of ether oxygens (including phenoxy) is 2. The molecule has 0 spiro atoms. The van der Waals surface area contributed by atoms with Gasteiger partial charge in [-0.15, -0.1) is 0 Å². The minimum absolute atomic E-state index is 0.291. The number of hydrogen-bond acceptors (Lipinski definition) is 4. The number of benzene rings is 6. The van der Waals surface area contributed by atoms with Gasteiger partial charge in [-0.1, -0.05) is 96.1 Å². The number of aromatic hydroxyl groups is 2. The van der Waals surface area contributed by atoms with E-state index >= 15 is 0 Å². The third kappa shape index (κ3) is 6.02. The fraction of sp³-hybridized carbons (Fsp3) is 0.182. The smallest absolute Gasteiger partial charge is 0.122 e. The first-order valence-electron chi connectivity index (χ1n) is 16.4. The summed E-state index contributed by atoms with van der Waals surface area (Å²) in [6.45, 7) is 4.21. The third-order valence-corrected chi connectivity index (χ3v) is 9.49. The zero-order valence-corrected chi connectivity index (χ0v) is 27.9. The maximum absolute atomic E-state index is 12.0. The Balaban J connectivity index is 1.55. The van der Waals surface area contributed by atoms with Crippen LogP contribution < -0.4 is 9.47 Å². The van der Waals surface area contributed by atoms with Crippen LogP contribution in [0.2, 0.25) is 0 Å². The maximum atomic E-state index is 12.0. The Morgan fingerprint density at radius 1 is 0.417 bits per heavy atom. The Labute approximate surface area is 282 Å². The molecule has 0 saturated carbocycles. The van der Waals surface area contributed by atoms with E-state index in [1.807, 2.05) is 36.4 Å². The van der Waals surface area contributed by atoms with E-state index in [4.69, 9.17) is 9.47 Å². The number of phenols is 2. The Morgan fingerprint density at radius 2 is 0.708 bits per heavy atom. The zero-order valence-electron chi connectivity index (χ0n) is 27.9. The van der Waals surface area contributed by atoms with Crippen LogP contribution in [0.3, 0.4) is 0 Å². The number of aryl methyl sites for hydroxylation is 2. The number of methoxy groups -OCH3 is 2. The SMILES string of the molecule is COc1cc2c(O)c(c1)Cc1cc(C)cc(c1-c1ccccc1)Cc1cc(OC)cc(c1O)Cc1cc(C)cc(c1-c1ccccc1)C2. The van der Waals surface area contributed by atoms with Crippen molar-refractivity contribution in [1.29, 1.82) is 0 Å². The molecule has 7 rings (SSSR count). The average Bonchev–Trinajstić information content (AvgIpc) is 3.08. The lowest BCUT2D eigenvalue weighted by molar-refractivity contribution is 0.409. The van der Waals surface area contributed by atoms with Crippen molar-refractivity contribution < 1.29 is 19.7 Å². The fourth-order valence-corrected chi connectivity index (χ4v) is 7.44. The van der Waals surface area contributed by atoms with E-state index in [2.05, 4.69) is 86.6 Å². The molecule has 0 atom stereocenters. The van der Waals surface area contributed by atoms with Gasteiger partial charge in [-0.3, -0.25) is 0 Å². The highest BCUT2D eigenvalue weighted by Crippen LogP contribution is 2.41. The highest BCUT2D eigenvalue weighted by molar-refractivity contribution is 5.76. The summed E-state index contributed by atoms with van der Waals surface area (Å²) in [7, 11) is 3.36. The zero-order chi connectivity index (χ0) is 33.4. The van der Waals surface area contributed by atoms with E-state index in [-0.39, 0.29) is 0 Å². The quantitative estimate of drug-likeness (QED) is 0.203. The van der Waals surface area contributed by atoms with Crippen LogP contribution in [-0.4, -0.2) is 24.4 Å². The van der Waals surface area contributed by atoms with Crippen LogP contribution in [0.1, 0.15) is 55.6 Å². The molecule has 0 aliphatic heterocycles. The molecule has 0 amide bonds. The lowest BCUT2D eigenvalue weighted by Crippen LogP contribution is -2.05. The number of fused-ring (bicyclic) bond motifs is 8. The molecule has 0 radical (unpaired) electrons. The first-order valence-corrected chi connectivity index (χ1v) is 16.4. The van der Waals surface area contributed by atoms with Gasteiger partial charge in [0.05, 0.1) is 14.2 Å². The largest absolute Gasteiger partial charge is 0.507 e. The van der Waals surface area contributed by atoms with Crippen molar-refractivity contribution in [1.82, 2.24) is 0 Å². The van der Waals surface area contributed by atoms with Crippen molar-refractivity contribution in [3.05, 3.63) is 165 Å². The molecule has 8 bridgehead atoms. The third-order valence-electron chi connectivity index (χ3n) is 9.49. The van der Waals surface area contributed by atoms with E-state index < -0.39 is 0 Å². The van der Waals surface area contributed by atoms with Crippen LogP contribution in [0.15, 0.2) is 109 Å². The maximum Gasteiger partial charge on any atom is 0.122 e. The molecule has 0 fully saturated rings. The molecule has 0 heterocycles. The molecule has 0 aromatic heterocycles. The molecule has 4 heteroatoms. The summed E-state index contributed by atoms with van der Waals surface area (Å²) in [5, 5.41) is 24.0. The van der Waals surface area contributed by atoms with Gasteiger partial charge in [0.25, 0.3) is 0 Å². The minimum atomic E-state index is 0.291. The predicted octanol–water partition coefficient (Wildman–Crippen LogP) is 9.74. The van der Waals surface area contributed by atoms with Crippen LogP contribution in [0, 0.1) is 13.8 Å². The van der Waals surface area contributed by atoms with Crippen molar-refractivity contribution in [2.75, 3.05) is 14.2 Å². The fourth-order valence-electron chi connectivity index (χ4n) is 7.44. The van der Waals surface area contributed by atoms with Gasteiger partial charge in [0.2, 0.25) is 0 Å².